The number of imide groups is 1. The van der Waals surface area contributed by atoms with Crippen molar-refractivity contribution in [2.75, 3.05) is 6.54 Å². The number of aliphatic hydroxyl groups is 2. The predicted octanol–water partition coefficient (Wildman–Crippen LogP) is 5.51. The molecule has 0 saturated heterocycles. The van der Waals surface area contributed by atoms with Gasteiger partial charge in [-0.3, -0.25) is 14.5 Å². The zero-order chi connectivity index (χ0) is 27.9. The maximum Gasteiger partial charge on any atom is 0.261 e. The van der Waals surface area contributed by atoms with E-state index < -0.39 is 5.60 Å². The van der Waals surface area contributed by atoms with Crippen LogP contribution < -0.4 is 0 Å². The number of hydrogen-bond acceptors (Lipinski definition) is 6. The van der Waals surface area contributed by atoms with E-state index >= 15 is 0 Å². The molecule has 0 radical (unpaired) electrons. The molecule has 2 aromatic rings. The summed E-state index contributed by atoms with van der Waals surface area (Å²) in [5, 5.41) is 27.3. The Morgan fingerprint density at radius 2 is 1.73 bits per heavy atom. The lowest BCUT2D eigenvalue weighted by molar-refractivity contribution is -0.205. The van der Waals surface area contributed by atoms with Crippen molar-refractivity contribution in [2.45, 2.75) is 102 Å². The van der Waals surface area contributed by atoms with Crippen LogP contribution in [-0.4, -0.2) is 50.3 Å². The van der Waals surface area contributed by atoms with E-state index in [-0.39, 0.29) is 34.7 Å². The Morgan fingerprint density at radius 1 is 0.975 bits per heavy atom. The van der Waals surface area contributed by atoms with Gasteiger partial charge in [0, 0.05) is 30.4 Å². The highest BCUT2D eigenvalue weighted by Crippen LogP contribution is 2.70. The second kappa shape index (κ2) is 9.25. The van der Waals surface area contributed by atoms with Crippen LogP contribution in [0.15, 0.2) is 34.9 Å². The number of carbonyl (C=O) groups excluding carboxylic acids is 2. The Balaban J connectivity index is 1.03. The van der Waals surface area contributed by atoms with E-state index in [1.54, 1.807) is 24.3 Å². The molecule has 2 N–H and O–H groups in total. The molecular formula is C33H42N2O5. The summed E-state index contributed by atoms with van der Waals surface area (Å²) in [6.07, 6.45) is 9.95. The first-order valence-corrected chi connectivity index (χ1v) is 15.5. The average molecular weight is 547 g/mol. The minimum absolute atomic E-state index is 0.156. The van der Waals surface area contributed by atoms with Crippen LogP contribution in [0, 0.1) is 28.6 Å². The zero-order valence-electron chi connectivity index (χ0n) is 23.8. The first-order chi connectivity index (χ1) is 19.2. The molecule has 5 unspecified atom stereocenters. The Bertz CT molecular complexity index is 1300. The van der Waals surface area contributed by atoms with Gasteiger partial charge in [-0.05, 0) is 99.5 Å². The van der Waals surface area contributed by atoms with Crippen molar-refractivity contribution in [2.24, 2.45) is 28.6 Å². The first-order valence-electron chi connectivity index (χ1n) is 15.5. The van der Waals surface area contributed by atoms with E-state index in [1.165, 1.54) is 4.90 Å². The third-order valence-corrected chi connectivity index (χ3v) is 12.4. The molecule has 4 fully saturated rings. The highest BCUT2D eigenvalue weighted by atomic mass is 16.5. The molecular weight excluding hydrogens is 504 g/mol. The molecule has 1 aromatic heterocycles. The summed E-state index contributed by atoms with van der Waals surface area (Å²) in [7, 11) is 0. The summed E-state index contributed by atoms with van der Waals surface area (Å²) in [5.41, 5.74) is 1.19. The van der Waals surface area contributed by atoms with Gasteiger partial charge in [-0.2, -0.15) is 0 Å². The van der Waals surface area contributed by atoms with Gasteiger partial charge in [0.1, 0.15) is 5.76 Å². The molecule has 7 nitrogen and oxygen atoms in total. The number of aromatic nitrogens is 1. The molecule has 4 saturated carbocycles. The average Bonchev–Trinajstić information content (AvgIpc) is 3.58. The second-order valence-corrected chi connectivity index (χ2v) is 14.0. The molecule has 0 bridgehead atoms. The second-order valence-electron chi connectivity index (χ2n) is 14.0. The van der Waals surface area contributed by atoms with Gasteiger partial charge in [0.05, 0.1) is 28.5 Å². The Labute approximate surface area is 236 Å². The van der Waals surface area contributed by atoms with Gasteiger partial charge in [0.15, 0.2) is 0 Å². The lowest BCUT2D eigenvalue weighted by Crippen LogP contribution is -2.62. The molecule has 2 amide bonds. The third-order valence-electron chi connectivity index (χ3n) is 12.4. The monoisotopic (exact) mass is 546 g/mol. The van der Waals surface area contributed by atoms with E-state index in [9.17, 15) is 19.8 Å². The van der Waals surface area contributed by atoms with Crippen LogP contribution >= 0.6 is 0 Å². The van der Waals surface area contributed by atoms with E-state index in [1.807, 2.05) is 0 Å². The summed E-state index contributed by atoms with van der Waals surface area (Å²) in [6.45, 7) is 5.09. The Hall–Kier alpha value is -2.51. The van der Waals surface area contributed by atoms with E-state index in [2.05, 4.69) is 25.1 Å². The van der Waals surface area contributed by atoms with E-state index in [4.69, 9.17) is 4.52 Å². The minimum Gasteiger partial charge on any atom is -0.393 e. The van der Waals surface area contributed by atoms with E-state index in [0.717, 1.165) is 69.2 Å². The standard InChI is InChI=1S/C33H42N2O5/c1-31-14-11-21(36)18-20(31)9-10-26-25(31)12-15-32(2)27(13-16-33(26,32)39)28-19-22(40-34-28)6-5-17-35-29(37)23-7-3-4-8-24(23)30(35)38/h3-4,7-8,19-21,25-27,36,39H,5-6,9-18H2,1-2H3/t20-,21+,25?,26?,27?,31+,32?,33?/m1/s1. The fourth-order valence-corrected chi connectivity index (χ4v) is 10.1. The highest BCUT2D eigenvalue weighted by Gasteiger charge is 2.67. The summed E-state index contributed by atoms with van der Waals surface area (Å²) < 4.78 is 5.77. The number of aryl methyl sites for hydroxylation is 1. The van der Waals surface area contributed by atoms with Gasteiger partial charge >= 0.3 is 0 Å². The molecule has 40 heavy (non-hydrogen) atoms. The number of hydrogen-bond donors (Lipinski definition) is 2. The number of fused-ring (bicyclic) bond motifs is 6. The van der Waals surface area contributed by atoms with Gasteiger partial charge in [0.25, 0.3) is 11.8 Å². The van der Waals surface area contributed by atoms with Crippen molar-refractivity contribution in [3.63, 3.8) is 0 Å². The van der Waals surface area contributed by atoms with Crippen LogP contribution in [0.1, 0.15) is 116 Å². The molecule has 1 aromatic carbocycles. The van der Waals surface area contributed by atoms with Crippen LogP contribution in [0.2, 0.25) is 0 Å². The highest BCUT2D eigenvalue weighted by molar-refractivity contribution is 6.21. The topological polar surface area (TPSA) is 104 Å². The van der Waals surface area contributed by atoms with Gasteiger partial charge in [-0.25, -0.2) is 0 Å². The van der Waals surface area contributed by atoms with Gasteiger partial charge < -0.3 is 14.7 Å². The third kappa shape index (κ3) is 3.65. The lowest BCUT2D eigenvalue weighted by atomic mass is 9.43. The molecule has 2 heterocycles. The van der Waals surface area contributed by atoms with Crippen molar-refractivity contribution in [3.8, 4) is 0 Å². The van der Waals surface area contributed by atoms with Crippen molar-refractivity contribution in [3.05, 3.63) is 52.9 Å². The smallest absolute Gasteiger partial charge is 0.261 e. The van der Waals surface area contributed by atoms with Crippen LogP contribution in [-0.2, 0) is 6.42 Å². The van der Waals surface area contributed by atoms with Gasteiger partial charge in [-0.15, -0.1) is 0 Å². The summed E-state index contributed by atoms with van der Waals surface area (Å²) in [6, 6.07) is 9.04. The summed E-state index contributed by atoms with van der Waals surface area (Å²) in [5.74, 6) is 1.88. The largest absolute Gasteiger partial charge is 0.393 e. The number of nitrogens with zero attached hydrogens (tertiary/aromatic N) is 2. The number of benzene rings is 1. The van der Waals surface area contributed by atoms with Crippen molar-refractivity contribution in [1.29, 1.82) is 0 Å². The Kier molecular flexibility index (Phi) is 6.10. The summed E-state index contributed by atoms with van der Waals surface area (Å²) >= 11 is 0. The van der Waals surface area contributed by atoms with Gasteiger partial charge in [0.2, 0.25) is 0 Å². The zero-order valence-corrected chi connectivity index (χ0v) is 23.8. The van der Waals surface area contributed by atoms with Gasteiger partial charge in [-0.1, -0.05) is 31.1 Å². The molecule has 214 valence electrons. The molecule has 0 spiro atoms. The Morgan fingerprint density at radius 3 is 2.48 bits per heavy atom. The molecule has 7 rings (SSSR count). The van der Waals surface area contributed by atoms with Crippen molar-refractivity contribution < 1.29 is 24.3 Å². The number of aliphatic hydroxyl groups excluding tert-OH is 1. The van der Waals surface area contributed by atoms with Crippen molar-refractivity contribution >= 4 is 11.8 Å². The fraction of sp³-hybridized carbons (Fsp3) is 0.667. The number of rotatable bonds is 5. The predicted molar refractivity (Wildman–Crippen MR) is 149 cm³/mol. The SMILES string of the molecule is CC12CCC3C(CC[C@@H]4C[C@@H](O)CC[C@]34C)C1(O)CCC2c1cc(CCCN2C(=O)c3ccccc3C2=O)on1. The van der Waals surface area contributed by atoms with Crippen LogP contribution in [0.4, 0.5) is 0 Å². The fourth-order valence-electron chi connectivity index (χ4n) is 10.1. The molecule has 4 aliphatic carbocycles. The maximum atomic E-state index is 12.7. The quantitative estimate of drug-likeness (QED) is 0.480. The van der Waals surface area contributed by atoms with Crippen LogP contribution in [0.3, 0.4) is 0 Å². The van der Waals surface area contributed by atoms with Crippen LogP contribution in [0.25, 0.3) is 0 Å². The molecule has 8 atom stereocenters. The lowest BCUT2D eigenvalue weighted by Gasteiger charge is -2.63. The van der Waals surface area contributed by atoms with E-state index in [0.29, 0.717) is 48.3 Å². The number of carbonyl (C=O) groups is 2. The summed E-state index contributed by atoms with van der Waals surface area (Å²) in [4.78, 5) is 26.7. The number of amides is 2. The first kappa shape index (κ1) is 26.4. The van der Waals surface area contributed by atoms with Crippen molar-refractivity contribution in [1.82, 2.24) is 10.1 Å². The minimum atomic E-state index is -0.699. The van der Waals surface area contributed by atoms with Crippen LogP contribution in [0.5, 0.6) is 0 Å². The molecule has 1 aliphatic heterocycles. The molecule has 7 heteroatoms. The maximum absolute atomic E-state index is 12.7. The molecule has 5 aliphatic rings. The normalized spacial score (nSPS) is 40.5.